The number of nitro benzene ring substituents is 1. The summed E-state index contributed by atoms with van der Waals surface area (Å²) in [6.07, 6.45) is 0. The Kier molecular flexibility index (Phi) is 5.58. The number of hydrogen-bond acceptors (Lipinski definition) is 5. The monoisotopic (exact) mass is 364 g/mol. The molecule has 0 N–H and O–H groups in total. The molecule has 0 aliphatic heterocycles. The highest BCUT2D eigenvalue weighted by atomic mass is 35.5. The van der Waals surface area contributed by atoms with Gasteiger partial charge in [-0.05, 0) is 32.9 Å². The van der Waals surface area contributed by atoms with Gasteiger partial charge in [-0.1, -0.05) is 11.6 Å². The van der Waals surface area contributed by atoms with Gasteiger partial charge in [-0.2, -0.15) is 0 Å². The zero-order valence-electron chi connectivity index (χ0n) is 14.0. The summed E-state index contributed by atoms with van der Waals surface area (Å²) in [6, 6.07) is 5.18. The number of carbonyl (C=O) groups excluding carboxylic acids is 2. The molecule has 0 saturated heterocycles. The summed E-state index contributed by atoms with van der Waals surface area (Å²) in [4.78, 5) is 34.4. The van der Waals surface area contributed by atoms with Crippen molar-refractivity contribution in [2.75, 3.05) is 6.61 Å². The van der Waals surface area contributed by atoms with E-state index in [9.17, 15) is 19.7 Å². The van der Waals surface area contributed by atoms with E-state index in [0.29, 0.717) is 5.56 Å². The van der Waals surface area contributed by atoms with Gasteiger partial charge in [0.1, 0.15) is 0 Å². The number of rotatable bonds is 6. The lowest BCUT2D eigenvalue weighted by Crippen LogP contribution is -2.15. The Balaban J connectivity index is 2.10. The molecule has 0 unspecified atom stereocenters. The summed E-state index contributed by atoms with van der Waals surface area (Å²) in [5, 5.41) is 10.6. The average molecular weight is 365 g/mol. The number of non-ortho nitro benzene ring substituents is 1. The Bertz CT molecular complexity index is 857. The van der Waals surface area contributed by atoms with E-state index in [4.69, 9.17) is 16.3 Å². The molecule has 1 heterocycles. The molecular weight excluding hydrogens is 348 g/mol. The topological polar surface area (TPSA) is 91.4 Å². The van der Waals surface area contributed by atoms with E-state index in [2.05, 4.69) is 0 Å². The number of nitro groups is 1. The maximum Gasteiger partial charge on any atom is 0.340 e. The summed E-state index contributed by atoms with van der Waals surface area (Å²) < 4.78 is 7.00. The van der Waals surface area contributed by atoms with Gasteiger partial charge in [0.15, 0.2) is 6.61 Å². The van der Waals surface area contributed by atoms with Crippen LogP contribution in [0.25, 0.3) is 0 Å². The minimum Gasteiger partial charge on any atom is -0.454 e. The highest BCUT2D eigenvalue weighted by molar-refractivity contribution is 6.33. The molecule has 0 amide bonds. The molecule has 0 fully saturated rings. The first-order valence-electron chi connectivity index (χ1n) is 7.57. The van der Waals surface area contributed by atoms with E-state index in [-0.39, 0.29) is 22.1 Å². The average Bonchev–Trinajstić information content (AvgIpc) is 2.86. The van der Waals surface area contributed by atoms with Crippen molar-refractivity contribution in [2.45, 2.75) is 27.3 Å². The van der Waals surface area contributed by atoms with E-state index in [1.807, 2.05) is 25.3 Å². The number of esters is 1. The summed E-state index contributed by atoms with van der Waals surface area (Å²) in [7, 11) is 0. The first-order chi connectivity index (χ1) is 11.8. The summed E-state index contributed by atoms with van der Waals surface area (Å²) in [6.45, 7) is 6.02. The third kappa shape index (κ3) is 3.88. The van der Waals surface area contributed by atoms with Crippen molar-refractivity contribution in [3.63, 3.8) is 0 Å². The van der Waals surface area contributed by atoms with Crippen LogP contribution in [0.3, 0.4) is 0 Å². The van der Waals surface area contributed by atoms with E-state index in [1.165, 1.54) is 6.07 Å². The number of benzene rings is 1. The molecule has 8 heteroatoms. The number of hydrogen-bond donors (Lipinski definition) is 0. The van der Waals surface area contributed by atoms with Crippen LogP contribution in [0.4, 0.5) is 5.69 Å². The van der Waals surface area contributed by atoms with Crippen LogP contribution in [0, 0.1) is 24.0 Å². The molecular formula is C17H17ClN2O5. The first-order valence-corrected chi connectivity index (χ1v) is 7.95. The van der Waals surface area contributed by atoms with E-state index in [0.717, 1.165) is 30.1 Å². The molecule has 2 rings (SSSR count). The Labute approximate surface area is 149 Å². The van der Waals surface area contributed by atoms with Crippen LogP contribution in [0.5, 0.6) is 0 Å². The van der Waals surface area contributed by atoms with Gasteiger partial charge in [0.25, 0.3) is 5.69 Å². The molecule has 2 aromatic rings. The number of nitrogens with zero attached hydrogens (tertiary/aromatic N) is 2. The number of ether oxygens (including phenoxy) is 1. The molecule has 25 heavy (non-hydrogen) atoms. The van der Waals surface area contributed by atoms with Crippen molar-refractivity contribution in [3.8, 4) is 0 Å². The fraction of sp³-hybridized carbons (Fsp3) is 0.294. The van der Waals surface area contributed by atoms with Crippen LogP contribution in [0.15, 0.2) is 24.3 Å². The van der Waals surface area contributed by atoms with Crippen LogP contribution in [0.2, 0.25) is 5.02 Å². The van der Waals surface area contributed by atoms with Gasteiger partial charge in [-0.25, -0.2) is 4.79 Å². The van der Waals surface area contributed by atoms with E-state index >= 15 is 0 Å². The second-order valence-corrected chi connectivity index (χ2v) is 5.86. The van der Waals surface area contributed by atoms with Crippen LogP contribution < -0.4 is 0 Å². The smallest absolute Gasteiger partial charge is 0.340 e. The minimum atomic E-state index is -0.808. The maximum atomic E-state index is 12.3. The van der Waals surface area contributed by atoms with Gasteiger partial charge in [-0.3, -0.25) is 14.9 Å². The molecule has 0 aliphatic rings. The molecule has 0 radical (unpaired) electrons. The third-order valence-electron chi connectivity index (χ3n) is 3.91. The molecule has 1 aromatic carbocycles. The van der Waals surface area contributed by atoms with Crippen LogP contribution in [-0.4, -0.2) is 27.8 Å². The molecule has 7 nitrogen and oxygen atoms in total. The Morgan fingerprint density at radius 1 is 1.24 bits per heavy atom. The molecule has 0 atom stereocenters. The van der Waals surface area contributed by atoms with Crippen molar-refractivity contribution in [1.29, 1.82) is 0 Å². The zero-order chi connectivity index (χ0) is 18.7. The van der Waals surface area contributed by atoms with Gasteiger partial charge < -0.3 is 9.30 Å². The third-order valence-corrected chi connectivity index (χ3v) is 4.22. The normalized spacial score (nSPS) is 10.6. The predicted octanol–water partition coefficient (Wildman–Crippen LogP) is 3.73. The van der Waals surface area contributed by atoms with Crippen LogP contribution >= 0.6 is 11.6 Å². The van der Waals surface area contributed by atoms with E-state index in [1.54, 1.807) is 6.07 Å². The van der Waals surface area contributed by atoms with Crippen molar-refractivity contribution in [3.05, 3.63) is 61.9 Å². The standard InChI is InChI=1S/C17H17ClN2O5/c1-4-19-10(2)7-14(11(19)3)16(21)9-25-17(22)13-6-5-12(20(23)24)8-15(13)18/h5-8H,4,9H2,1-3H3. The highest BCUT2D eigenvalue weighted by Gasteiger charge is 2.20. The lowest BCUT2D eigenvalue weighted by molar-refractivity contribution is -0.384. The minimum absolute atomic E-state index is 0.0286. The predicted molar refractivity (Wildman–Crippen MR) is 92.3 cm³/mol. The SMILES string of the molecule is CCn1c(C)cc(C(=O)COC(=O)c2ccc([N+](=O)[O-])cc2Cl)c1C. The quantitative estimate of drug-likeness (QED) is 0.337. The molecule has 1 aromatic heterocycles. The number of Topliss-reactive ketones (excluding diaryl/α,β-unsaturated/α-hetero) is 1. The van der Waals surface area contributed by atoms with Gasteiger partial charge >= 0.3 is 5.97 Å². The van der Waals surface area contributed by atoms with Crippen molar-refractivity contribution in [2.24, 2.45) is 0 Å². The number of ketones is 1. The lowest BCUT2D eigenvalue weighted by Gasteiger charge is -2.07. The summed E-state index contributed by atoms with van der Waals surface area (Å²) in [5.74, 6) is -1.13. The Morgan fingerprint density at radius 3 is 2.44 bits per heavy atom. The molecule has 0 spiro atoms. The number of carbonyl (C=O) groups is 2. The number of aryl methyl sites for hydroxylation is 1. The van der Waals surface area contributed by atoms with E-state index < -0.39 is 17.5 Å². The molecule has 0 aliphatic carbocycles. The lowest BCUT2D eigenvalue weighted by atomic mass is 10.1. The second-order valence-electron chi connectivity index (χ2n) is 5.45. The fourth-order valence-corrected chi connectivity index (χ4v) is 2.89. The molecule has 0 bridgehead atoms. The van der Waals surface area contributed by atoms with Crippen molar-refractivity contribution < 1.29 is 19.2 Å². The molecule has 132 valence electrons. The maximum absolute atomic E-state index is 12.3. The first kappa shape index (κ1) is 18.7. The second kappa shape index (κ2) is 7.48. The zero-order valence-corrected chi connectivity index (χ0v) is 14.8. The van der Waals surface area contributed by atoms with Crippen LogP contribution in [0.1, 0.15) is 39.0 Å². The Hall–Kier alpha value is -2.67. The van der Waals surface area contributed by atoms with Crippen molar-refractivity contribution >= 4 is 29.0 Å². The number of aromatic nitrogens is 1. The fourth-order valence-electron chi connectivity index (χ4n) is 2.64. The number of halogens is 1. The van der Waals surface area contributed by atoms with Crippen LogP contribution in [-0.2, 0) is 11.3 Å². The van der Waals surface area contributed by atoms with Crippen molar-refractivity contribution in [1.82, 2.24) is 4.57 Å². The summed E-state index contributed by atoms with van der Waals surface area (Å²) >= 11 is 5.88. The van der Waals surface area contributed by atoms with Gasteiger partial charge in [0.05, 0.1) is 15.5 Å². The Morgan fingerprint density at radius 2 is 1.92 bits per heavy atom. The van der Waals surface area contributed by atoms with Gasteiger partial charge in [0.2, 0.25) is 5.78 Å². The molecule has 0 saturated carbocycles. The highest BCUT2D eigenvalue weighted by Crippen LogP contribution is 2.23. The van der Waals surface area contributed by atoms with Gasteiger partial charge in [0, 0.05) is 35.6 Å². The van der Waals surface area contributed by atoms with Gasteiger partial charge in [-0.15, -0.1) is 0 Å². The largest absolute Gasteiger partial charge is 0.454 e. The summed E-state index contributed by atoms with van der Waals surface area (Å²) in [5.41, 5.74) is 2.01.